The lowest BCUT2D eigenvalue weighted by molar-refractivity contribution is -0.170. The van der Waals surface area contributed by atoms with Crippen molar-refractivity contribution < 1.29 is 48.1 Å². The van der Waals surface area contributed by atoms with Gasteiger partial charge in [0.25, 0.3) is 0 Å². The highest BCUT2D eigenvalue weighted by Gasteiger charge is 2.37. The van der Waals surface area contributed by atoms with Gasteiger partial charge in [-0.3, -0.25) is 13.6 Å². The van der Waals surface area contributed by atoms with Crippen LogP contribution in [0.5, 0.6) is 0 Å². The van der Waals surface area contributed by atoms with Gasteiger partial charge in [0.2, 0.25) is 0 Å². The van der Waals surface area contributed by atoms with E-state index in [0.29, 0.717) is 19.3 Å². The molecule has 0 amide bonds. The molecule has 29 heavy (non-hydrogen) atoms. The van der Waals surface area contributed by atoms with Gasteiger partial charge in [-0.2, -0.15) is 0 Å². The minimum Gasteiger partial charge on any atom is -0.464 e. The van der Waals surface area contributed by atoms with Crippen LogP contribution in [0.2, 0.25) is 0 Å². The Morgan fingerprint density at radius 1 is 0.793 bits per heavy atom. The van der Waals surface area contributed by atoms with Crippen LogP contribution in [0.3, 0.4) is 0 Å². The quantitative estimate of drug-likeness (QED) is 0.139. The molecule has 0 aromatic heterocycles. The van der Waals surface area contributed by atoms with Crippen LogP contribution in [0, 0.1) is 0 Å². The molecule has 0 aromatic rings. The standard InChI is InChI=1S/C18H37O10P/c1-4-7-10-25-18(23)17(22)16(21)15(20)14(19)13-28-29(24,26-11-8-5-2)27-12-9-6-3/h14-17,19-22H,4-13H2,1-3H3/t14-,15-,16+,17-/m1/s1. The van der Waals surface area contributed by atoms with Crippen LogP contribution >= 0.6 is 7.82 Å². The Hall–Kier alpha value is -0.580. The highest BCUT2D eigenvalue weighted by Crippen LogP contribution is 2.49. The fraction of sp³-hybridized carbons (Fsp3) is 0.944. The maximum atomic E-state index is 12.6. The highest BCUT2D eigenvalue weighted by molar-refractivity contribution is 7.48. The molecular formula is C18H37O10P. The van der Waals surface area contributed by atoms with Crippen molar-refractivity contribution in [2.45, 2.75) is 83.7 Å². The van der Waals surface area contributed by atoms with Gasteiger partial charge in [-0.1, -0.05) is 40.0 Å². The largest absolute Gasteiger partial charge is 0.474 e. The van der Waals surface area contributed by atoms with Crippen LogP contribution < -0.4 is 0 Å². The summed E-state index contributed by atoms with van der Waals surface area (Å²) in [6.07, 6.45) is -3.59. The van der Waals surface area contributed by atoms with E-state index in [9.17, 15) is 29.8 Å². The Labute approximate surface area is 172 Å². The number of hydrogen-bond acceptors (Lipinski definition) is 10. The Kier molecular flexibility index (Phi) is 15.8. The molecule has 174 valence electrons. The van der Waals surface area contributed by atoms with E-state index in [0.717, 1.165) is 19.3 Å². The van der Waals surface area contributed by atoms with Crippen molar-refractivity contribution in [1.29, 1.82) is 0 Å². The summed E-state index contributed by atoms with van der Waals surface area (Å²) >= 11 is 0. The van der Waals surface area contributed by atoms with E-state index in [-0.39, 0.29) is 19.8 Å². The summed E-state index contributed by atoms with van der Waals surface area (Å²) < 4.78 is 32.8. The summed E-state index contributed by atoms with van der Waals surface area (Å²) in [5.74, 6) is -1.12. The van der Waals surface area contributed by atoms with Crippen LogP contribution in [-0.4, -0.2) is 77.2 Å². The fourth-order valence-electron chi connectivity index (χ4n) is 1.98. The first-order valence-electron chi connectivity index (χ1n) is 10.1. The number of ether oxygens (including phenoxy) is 1. The summed E-state index contributed by atoms with van der Waals surface area (Å²) in [5.41, 5.74) is 0. The third-order valence-electron chi connectivity index (χ3n) is 3.95. The van der Waals surface area contributed by atoms with E-state index < -0.39 is 44.8 Å². The van der Waals surface area contributed by atoms with E-state index in [2.05, 4.69) is 0 Å². The van der Waals surface area contributed by atoms with E-state index >= 15 is 0 Å². The molecule has 0 aromatic carbocycles. The van der Waals surface area contributed by atoms with E-state index in [1.54, 1.807) is 0 Å². The molecule has 10 nitrogen and oxygen atoms in total. The smallest absolute Gasteiger partial charge is 0.464 e. The Bertz CT molecular complexity index is 462. The molecule has 4 N–H and O–H groups in total. The Morgan fingerprint density at radius 3 is 1.76 bits per heavy atom. The maximum absolute atomic E-state index is 12.6. The summed E-state index contributed by atoms with van der Waals surface area (Å²) in [7, 11) is -3.97. The van der Waals surface area contributed by atoms with Crippen molar-refractivity contribution in [2.75, 3.05) is 26.4 Å². The van der Waals surface area contributed by atoms with Crippen molar-refractivity contribution in [1.82, 2.24) is 0 Å². The molecule has 0 aliphatic heterocycles. The number of esters is 1. The van der Waals surface area contributed by atoms with Crippen LogP contribution in [0.1, 0.15) is 59.3 Å². The van der Waals surface area contributed by atoms with Crippen molar-refractivity contribution in [3.63, 3.8) is 0 Å². The van der Waals surface area contributed by atoms with Gasteiger partial charge in [0.05, 0.1) is 26.4 Å². The lowest BCUT2D eigenvalue weighted by Gasteiger charge is -2.26. The van der Waals surface area contributed by atoms with Gasteiger partial charge in [0.1, 0.15) is 18.3 Å². The minimum atomic E-state index is -3.97. The van der Waals surface area contributed by atoms with Gasteiger partial charge in [-0.15, -0.1) is 0 Å². The summed E-state index contributed by atoms with van der Waals surface area (Å²) in [6, 6.07) is 0. The second-order valence-electron chi connectivity index (χ2n) is 6.63. The van der Waals surface area contributed by atoms with Gasteiger partial charge >= 0.3 is 13.8 Å². The Balaban J connectivity index is 4.70. The van der Waals surface area contributed by atoms with Gasteiger partial charge in [-0.05, 0) is 19.3 Å². The zero-order valence-corrected chi connectivity index (χ0v) is 18.5. The number of aliphatic hydroxyl groups excluding tert-OH is 4. The summed E-state index contributed by atoms with van der Waals surface area (Å²) in [6.45, 7) is 5.35. The van der Waals surface area contributed by atoms with Crippen molar-refractivity contribution in [2.24, 2.45) is 0 Å². The predicted molar refractivity (Wildman–Crippen MR) is 105 cm³/mol. The third-order valence-corrected chi connectivity index (χ3v) is 5.41. The number of rotatable bonds is 18. The lowest BCUT2D eigenvalue weighted by atomic mass is 10.0. The molecular weight excluding hydrogens is 407 g/mol. The van der Waals surface area contributed by atoms with Gasteiger partial charge < -0.3 is 25.2 Å². The number of unbranched alkanes of at least 4 members (excludes halogenated alkanes) is 3. The first-order chi connectivity index (χ1) is 13.7. The average molecular weight is 444 g/mol. The monoisotopic (exact) mass is 444 g/mol. The number of phosphoric acid groups is 1. The molecule has 0 saturated heterocycles. The molecule has 0 aliphatic carbocycles. The van der Waals surface area contributed by atoms with Gasteiger partial charge in [-0.25, -0.2) is 9.36 Å². The second-order valence-corrected chi connectivity index (χ2v) is 8.30. The zero-order valence-electron chi connectivity index (χ0n) is 17.6. The molecule has 0 fully saturated rings. The average Bonchev–Trinajstić information content (AvgIpc) is 2.71. The molecule has 0 rings (SSSR count). The first-order valence-corrected chi connectivity index (χ1v) is 11.6. The third kappa shape index (κ3) is 12.0. The SMILES string of the molecule is CCCCOC(=O)[C@H](O)[C@@H](O)[C@H](O)[C@H](O)COP(=O)(OCCCC)OCCCC. The van der Waals surface area contributed by atoms with E-state index in [4.69, 9.17) is 18.3 Å². The number of aliphatic hydroxyl groups is 4. The van der Waals surface area contributed by atoms with Crippen molar-refractivity contribution in [3.8, 4) is 0 Å². The van der Waals surface area contributed by atoms with Gasteiger partial charge in [0, 0.05) is 0 Å². The van der Waals surface area contributed by atoms with Crippen molar-refractivity contribution >= 4 is 13.8 Å². The normalized spacial score (nSPS) is 16.2. The molecule has 0 bridgehead atoms. The zero-order chi connectivity index (χ0) is 22.3. The molecule has 0 heterocycles. The topological polar surface area (TPSA) is 152 Å². The van der Waals surface area contributed by atoms with E-state index in [1.165, 1.54) is 0 Å². The molecule has 0 radical (unpaired) electrons. The van der Waals surface area contributed by atoms with Crippen LogP contribution in [0.15, 0.2) is 0 Å². The first kappa shape index (κ1) is 28.4. The van der Waals surface area contributed by atoms with Crippen molar-refractivity contribution in [3.05, 3.63) is 0 Å². The molecule has 0 unspecified atom stereocenters. The summed E-state index contributed by atoms with van der Waals surface area (Å²) in [4.78, 5) is 11.7. The molecule has 11 heteroatoms. The molecule has 4 atom stereocenters. The van der Waals surface area contributed by atoms with Crippen LogP contribution in [0.25, 0.3) is 0 Å². The molecule has 0 spiro atoms. The Morgan fingerprint density at radius 2 is 1.28 bits per heavy atom. The number of phosphoric ester groups is 1. The summed E-state index contributed by atoms with van der Waals surface area (Å²) in [5, 5.41) is 39.7. The van der Waals surface area contributed by atoms with Crippen LogP contribution in [-0.2, 0) is 27.7 Å². The predicted octanol–water partition coefficient (Wildman–Crippen LogP) is 1.53. The highest BCUT2D eigenvalue weighted by atomic mass is 31.2. The lowest BCUT2D eigenvalue weighted by Crippen LogP contribution is -2.49. The number of carbonyl (C=O) groups is 1. The number of carbonyl (C=O) groups excluding carboxylic acids is 1. The van der Waals surface area contributed by atoms with E-state index in [1.807, 2.05) is 20.8 Å². The van der Waals surface area contributed by atoms with Crippen LogP contribution in [0.4, 0.5) is 0 Å². The van der Waals surface area contributed by atoms with Gasteiger partial charge in [0.15, 0.2) is 6.10 Å². The molecule has 0 saturated carbocycles. The maximum Gasteiger partial charge on any atom is 0.474 e. The second kappa shape index (κ2) is 16.2. The minimum absolute atomic E-state index is 0.0637. The number of hydrogen-bond donors (Lipinski definition) is 4. The fourth-order valence-corrected chi connectivity index (χ4v) is 3.24. The molecule has 0 aliphatic rings.